The largest absolute Gasteiger partial charge is 0.465 e. The van der Waals surface area contributed by atoms with Crippen molar-refractivity contribution >= 4 is 17.0 Å². The highest BCUT2D eigenvalue weighted by molar-refractivity contribution is 5.91. The minimum absolute atomic E-state index is 0.289. The van der Waals surface area contributed by atoms with Crippen LogP contribution in [0.4, 0.5) is 0 Å². The molecule has 3 rings (SSSR count). The Balaban J connectivity index is 2.02. The van der Waals surface area contributed by atoms with Crippen LogP contribution in [0.3, 0.4) is 0 Å². The van der Waals surface area contributed by atoms with Crippen molar-refractivity contribution in [2.45, 2.75) is 6.42 Å². The molecule has 0 saturated heterocycles. The van der Waals surface area contributed by atoms with Crippen molar-refractivity contribution in [1.82, 2.24) is 20.2 Å². The average Bonchev–Trinajstić information content (AvgIpc) is 2.96. The number of ether oxygens (including phenoxy) is 1. The van der Waals surface area contributed by atoms with Gasteiger partial charge in [-0.05, 0) is 11.6 Å². The van der Waals surface area contributed by atoms with Gasteiger partial charge in [0.25, 0.3) is 5.56 Å². The fourth-order valence-corrected chi connectivity index (χ4v) is 2.15. The van der Waals surface area contributed by atoms with Crippen molar-refractivity contribution in [3.63, 3.8) is 0 Å². The first-order valence-electron chi connectivity index (χ1n) is 6.27. The SMILES string of the molecule is COC(=O)c1ccccc1Cc1nc2cn[nH]c2c(=O)[nH]1. The number of hydrogen-bond donors (Lipinski definition) is 2. The van der Waals surface area contributed by atoms with Crippen LogP contribution in [-0.4, -0.2) is 33.2 Å². The van der Waals surface area contributed by atoms with Crippen LogP contribution in [0.15, 0.2) is 35.3 Å². The number of nitrogens with zero attached hydrogens (tertiary/aromatic N) is 2. The summed E-state index contributed by atoms with van der Waals surface area (Å²) in [6.07, 6.45) is 1.81. The van der Waals surface area contributed by atoms with E-state index in [0.29, 0.717) is 28.8 Å². The summed E-state index contributed by atoms with van der Waals surface area (Å²) < 4.78 is 4.75. The van der Waals surface area contributed by atoms with Crippen LogP contribution >= 0.6 is 0 Å². The van der Waals surface area contributed by atoms with E-state index >= 15 is 0 Å². The third kappa shape index (κ3) is 2.40. The van der Waals surface area contributed by atoms with Crippen LogP contribution in [0.1, 0.15) is 21.7 Å². The zero-order valence-electron chi connectivity index (χ0n) is 11.2. The van der Waals surface area contributed by atoms with E-state index in [4.69, 9.17) is 4.74 Å². The summed E-state index contributed by atoms with van der Waals surface area (Å²) in [5, 5.41) is 6.38. The summed E-state index contributed by atoms with van der Waals surface area (Å²) >= 11 is 0. The van der Waals surface area contributed by atoms with Gasteiger partial charge >= 0.3 is 5.97 Å². The Morgan fingerprint density at radius 1 is 1.33 bits per heavy atom. The Labute approximate surface area is 119 Å². The highest BCUT2D eigenvalue weighted by Crippen LogP contribution is 2.14. The van der Waals surface area contributed by atoms with E-state index in [1.165, 1.54) is 13.3 Å². The zero-order valence-corrected chi connectivity index (χ0v) is 11.2. The number of benzene rings is 1. The summed E-state index contributed by atoms with van der Waals surface area (Å²) in [6.45, 7) is 0. The van der Waals surface area contributed by atoms with E-state index in [0.717, 1.165) is 5.56 Å². The molecule has 7 nitrogen and oxygen atoms in total. The molecule has 0 fully saturated rings. The lowest BCUT2D eigenvalue weighted by Gasteiger charge is -2.07. The van der Waals surface area contributed by atoms with Gasteiger partial charge in [0.15, 0.2) is 0 Å². The van der Waals surface area contributed by atoms with Gasteiger partial charge in [-0.1, -0.05) is 18.2 Å². The van der Waals surface area contributed by atoms with E-state index in [2.05, 4.69) is 20.2 Å². The Morgan fingerprint density at radius 3 is 2.95 bits per heavy atom. The molecular formula is C14H12N4O3. The molecule has 2 aromatic heterocycles. The molecule has 21 heavy (non-hydrogen) atoms. The molecule has 0 radical (unpaired) electrons. The van der Waals surface area contributed by atoms with Crippen LogP contribution in [0.25, 0.3) is 11.0 Å². The molecule has 0 bridgehead atoms. The van der Waals surface area contributed by atoms with Gasteiger partial charge in [-0.15, -0.1) is 0 Å². The van der Waals surface area contributed by atoms with Gasteiger partial charge in [0.2, 0.25) is 0 Å². The number of hydrogen-bond acceptors (Lipinski definition) is 5. The molecule has 0 aliphatic carbocycles. The number of rotatable bonds is 3. The Bertz CT molecular complexity index is 866. The number of carbonyl (C=O) groups excluding carboxylic acids is 1. The maximum Gasteiger partial charge on any atom is 0.338 e. The fraction of sp³-hybridized carbons (Fsp3) is 0.143. The van der Waals surface area contributed by atoms with Crippen molar-refractivity contribution < 1.29 is 9.53 Å². The van der Waals surface area contributed by atoms with Gasteiger partial charge in [-0.25, -0.2) is 9.78 Å². The topological polar surface area (TPSA) is 101 Å². The minimum atomic E-state index is -0.419. The summed E-state index contributed by atoms with van der Waals surface area (Å²) in [7, 11) is 1.33. The molecule has 0 saturated carbocycles. The van der Waals surface area contributed by atoms with Crippen molar-refractivity contribution in [3.05, 3.63) is 57.8 Å². The van der Waals surface area contributed by atoms with Crippen LogP contribution in [0.5, 0.6) is 0 Å². The first-order valence-corrected chi connectivity index (χ1v) is 6.27. The summed E-state index contributed by atoms with van der Waals surface area (Å²) in [4.78, 5) is 30.6. The maximum atomic E-state index is 11.9. The lowest BCUT2D eigenvalue weighted by Crippen LogP contribution is -2.13. The molecule has 7 heteroatoms. The molecule has 0 unspecified atom stereocenters. The summed E-state index contributed by atoms with van der Waals surface area (Å²) in [5.41, 5.74) is 1.72. The van der Waals surface area contributed by atoms with Crippen molar-refractivity contribution in [2.24, 2.45) is 0 Å². The molecule has 2 N–H and O–H groups in total. The maximum absolute atomic E-state index is 11.9. The van der Waals surface area contributed by atoms with E-state index < -0.39 is 5.97 Å². The molecule has 106 valence electrons. The van der Waals surface area contributed by atoms with Gasteiger partial charge < -0.3 is 9.72 Å². The molecule has 3 aromatic rings. The lowest BCUT2D eigenvalue weighted by molar-refractivity contribution is 0.0599. The smallest absolute Gasteiger partial charge is 0.338 e. The minimum Gasteiger partial charge on any atom is -0.465 e. The molecule has 2 heterocycles. The van der Waals surface area contributed by atoms with Crippen molar-refractivity contribution in [3.8, 4) is 0 Å². The number of nitrogens with one attached hydrogen (secondary N) is 2. The Hall–Kier alpha value is -2.96. The second kappa shape index (κ2) is 5.20. The number of fused-ring (bicyclic) bond motifs is 1. The highest BCUT2D eigenvalue weighted by Gasteiger charge is 2.13. The summed E-state index contributed by atoms with van der Waals surface area (Å²) in [5.74, 6) is 0.0441. The van der Waals surface area contributed by atoms with Crippen LogP contribution in [0, 0.1) is 0 Å². The molecule has 1 aromatic carbocycles. The van der Waals surface area contributed by atoms with E-state index in [1.807, 2.05) is 6.07 Å². The highest BCUT2D eigenvalue weighted by atomic mass is 16.5. The van der Waals surface area contributed by atoms with Crippen LogP contribution in [0.2, 0.25) is 0 Å². The number of aromatic nitrogens is 4. The number of carbonyl (C=O) groups is 1. The van der Waals surface area contributed by atoms with Gasteiger partial charge in [0, 0.05) is 6.42 Å². The fourth-order valence-electron chi connectivity index (χ4n) is 2.15. The standard InChI is InChI=1S/C14H12N4O3/c1-21-14(20)9-5-3-2-4-8(9)6-11-16-10-7-15-18-12(10)13(19)17-11/h2-5,7H,6H2,1H3,(H,15,18)(H,16,17,19). The number of methoxy groups -OCH3 is 1. The number of H-pyrrole nitrogens is 2. The second-order valence-corrected chi connectivity index (χ2v) is 4.47. The Morgan fingerprint density at radius 2 is 2.14 bits per heavy atom. The lowest BCUT2D eigenvalue weighted by atomic mass is 10.0. The van der Waals surface area contributed by atoms with Crippen molar-refractivity contribution in [2.75, 3.05) is 7.11 Å². The van der Waals surface area contributed by atoms with Crippen molar-refractivity contribution in [1.29, 1.82) is 0 Å². The Kier molecular flexibility index (Phi) is 3.23. The molecular weight excluding hydrogens is 272 g/mol. The van der Waals surface area contributed by atoms with Gasteiger partial charge in [0.1, 0.15) is 16.9 Å². The number of aromatic amines is 2. The number of esters is 1. The third-order valence-electron chi connectivity index (χ3n) is 3.14. The monoisotopic (exact) mass is 284 g/mol. The second-order valence-electron chi connectivity index (χ2n) is 4.47. The zero-order chi connectivity index (χ0) is 14.8. The molecule has 0 aliphatic rings. The quantitative estimate of drug-likeness (QED) is 0.699. The molecule has 0 amide bonds. The van der Waals surface area contributed by atoms with Gasteiger partial charge in [-0.3, -0.25) is 9.89 Å². The average molecular weight is 284 g/mol. The van der Waals surface area contributed by atoms with E-state index in [1.54, 1.807) is 18.2 Å². The molecule has 0 aliphatic heterocycles. The van der Waals surface area contributed by atoms with E-state index in [-0.39, 0.29) is 5.56 Å². The summed E-state index contributed by atoms with van der Waals surface area (Å²) in [6, 6.07) is 7.04. The van der Waals surface area contributed by atoms with Gasteiger partial charge in [-0.2, -0.15) is 5.10 Å². The van der Waals surface area contributed by atoms with E-state index in [9.17, 15) is 9.59 Å². The van der Waals surface area contributed by atoms with Crippen LogP contribution < -0.4 is 5.56 Å². The molecule has 0 spiro atoms. The predicted molar refractivity (Wildman–Crippen MR) is 75.1 cm³/mol. The first-order chi connectivity index (χ1) is 10.2. The third-order valence-corrected chi connectivity index (χ3v) is 3.14. The van der Waals surface area contributed by atoms with Crippen LogP contribution in [-0.2, 0) is 11.2 Å². The first kappa shape index (κ1) is 13.0. The predicted octanol–water partition coefficient (Wildman–Crippen LogP) is 1.02. The normalized spacial score (nSPS) is 10.7. The van der Waals surface area contributed by atoms with Gasteiger partial charge in [0.05, 0.1) is 18.9 Å². The molecule has 0 atom stereocenters.